The number of piperidine rings is 2. The van der Waals surface area contributed by atoms with Gasteiger partial charge >= 0.3 is 5.97 Å². The highest BCUT2D eigenvalue weighted by Gasteiger charge is 2.36. The Morgan fingerprint density at radius 2 is 1.17 bits per heavy atom. The molecule has 0 aromatic heterocycles. The zero-order valence-corrected chi connectivity index (χ0v) is 33.8. The van der Waals surface area contributed by atoms with Crippen molar-refractivity contribution in [1.29, 1.82) is 0 Å². The third-order valence-electron chi connectivity index (χ3n) is 10.5. The number of aliphatic carboxylic acids is 1. The van der Waals surface area contributed by atoms with Crippen molar-refractivity contribution in [3.8, 4) is 0 Å². The van der Waals surface area contributed by atoms with Crippen LogP contribution in [0.2, 0.25) is 10.0 Å². The van der Waals surface area contributed by atoms with Crippen LogP contribution < -0.4 is 11.1 Å². The van der Waals surface area contributed by atoms with Crippen LogP contribution >= 0.6 is 35.6 Å². The summed E-state index contributed by atoms with van der Waals surface area (Å²) in [6.07, 6.45) is 9.70. The summed E-state index contributed by atoms with van der Waals surface area (Å²) >= 11 is 12.0. The van der Waals surface area contributed by atoms with Crippen molar-refractivity contribution in [1.82, 2.24) is 13.9 Å². The molecular formula is C37H57Cl3N4O7S2. The second-order valence-corrected chi connectivity index (χ2v) is 18.8. The van der Waals surface area contributed by atoms with Crippen LogP contribution in [0.4, 0.5) is 0 Å². The Balaban J connectivity index is 0.000000307. The first-order valence-corrected chi connectivity index (χ1v) is 21.5. The summed E-state index contributed by atoms with van der Waals surface area (Å²) in [4.78, 5) is 23.7. The molecule has 4 aliphatic rings. The van der Waals surface area contributed by atoms with E-state index in [4.69, 9.17) is 34.0 Å². The van der Waals surface area contributed by atoms with Gasteiger partial charge in [-0.2, -0.15) is 8.61 Å². The first kappa shape index (κ1) is 47.2. The normalized spacial score (nSPS) is 26.4. The predicted octanol–water partition coefficient (Wildman–Crippen LogP) is 7.06. The minimum Gasteiger partial charge on any atom is -0.481 e. The number of hydrogen-bond acceptors (Lipinski definition) is 7. The molecule has 4 fully saturated rings. The average molecular weight is 840 g/mol. The topological polar surface area (TPSA) is 167 Å². The highest BCUT2D eigenvalue weighted by atomic mass is 35.5. The lowest BCUT2D eigenvalue weighted by Gasteiger charge is -2.32. The average Bonchev–Trinajstić information content (AvgIpc) is 3.70. The van der Waals surface area contributed by atoms with E-state index in [1.807, 2.05) is 0 Å². The molecule has 2 aliphatic heterocycles. The molecule has 0 radical (unpaired) electrons. The van der Waals surface area contributed by atoms with E-state index in [-0.39, 0.29) is 70.6 Å². The maximum atomic E-state index is 12.9. The summed E-state index contributed by atoms with van der Waals surface area (Å²) in [5.41, 5.74) is 5.68. The van der Waals surface area contributed by atoms with Gasteiger partial charge in [-0.25, -0.2) is 16.8 Å². The number of halogens is 3. The van der Waals surface area contributed by atoms with Gasteiger partial charge in [-0.1, -0.05) is 81.6 Å². The lowest BCUT2D eigenvalue weighted by molar-refractivity contribution is -0.142. The minimum atomic E-state index is -3.72. The van der Waals surface area contributed by atoms with Crippen LogP contribution in [0.3, 0.4) is 0 Å². The number of amides is 1. The van der Waals surface area contributed by atoms with Gasteiger partial charge in [-0.05, 0) is 87.5 Å². The Labute approximate surface area is 332 Å². The van der Waals surface area contributed by atoms with Gasteiger partial charge in [-0.3, -0.25) is 9.59 Å². The number of nitrogens with one attached hydrogen (secondary N) is 1. The number of nitrogens with zero attached hydrogens (tertiary/aromatic N) is 2. The number of carbonyl (C=O) groups excluding carboxylic acids is 1. The molecule has 1 amide bonds. The highest BCUT2D eigenvalue weighted by Crippen LogP contribution is 2.31. The SMILES string of the molecule is C.CC1CCCC1N.CC1CCCC1NC(=O)[C@H]1CCCN(S(=O)(=O)c2ccccc2Cl)C1.Cl.O=C(O)[C@H]1CCCN(S(=O)(=O)c2ccccc2Cl)C1. The molecule has 0 bridgehead atoms. The largest absolute Gasteiger partial charge is 0.481 e. The van der Waals surface area contributed by atoms with Crippen LogP contribution in [0.5, 0.6) is 0 Å². The number of carbonyl (C=O) groups is 2. The number of nitrogens with two attached hydrogens (primary N) is 1. The van der Waals surface area contributed by atoms with Gasteiger partial charge < -0.3 is 16.2 Å². The van der Waals surface area contributed by atoms with Crippen molar-refractivity contribution in [3.05, 3.63) is 58.6 Å². The molecule has 2 saturated heterocycles. The lowest BCUT2D eigenvalue weighted by Crippen LogP contribution is -2.48. The third kappa shape index (κ3) is 12.5. The first-order valence-electron chi connectivity index (χ1n) is 17.9. The second kappa shape index (κ2) is 21.4. The summed E-state index contributed by atoms with van der Waals surface area (Å²) in [5.74, 6) is -0.628. The van der Waals surface area contributed by atoms with Crippen molar-refractivity contribution in [2.75, 3.05) is 26.2 Å². The Morgan fingerprint density at radius 3 is 1.57 bits per heavy atom. The molecule has 2 aromatic carbocycles. The van der Waals surface area contributed by atoms with Crippen LogP contribution in [0.15, 0.2) is 58.3 Å². The molecular weight excluding hydrogens is 783 g/mol. The number of benzene rings is 2. The maximum Gasteiger partial charge on any atom is 0.307 e. The fourth-order valence-corrected chi connectivity index (χ4v) is 11.2. The lowest BCUT2D eigenvalue weighted by atomic mass is 9.97. The van der Waals surface area contributed by atoms with Gasteiger partial charge in [-0.15, -0.1) is 12.4 Å². The zero-order chi connectivity index (χ0) is 37.3. The molecule has 2 heterocycles. The number of sulfonamides is 2. The van der Waals surface area contributed by atoms with Crippen molar-refractivity contribution in [2.24, 2.45) is 29.4 Å². The Hall–Kier alpha value is -1.97. The fourth-order valence-electron chi connectivity index (χ4n) is 7.16. The Bertz CT molecular complexity index is 1710. The molecule has 300 valence electrons. The number of carboxylic acids is 1. The van der Waals surface area contributed by atoms with E-state index in [0.717, 1.165) is 31.6 Å². The fraction of sp³-hybridized carbons (Fsp3) is 0.622. The monoisotopic (exact) mass is 838 g/mol. The van der Waals surface area contributed by atoms with E-state index in [0.29, 0.717) is 44.3 Å². The summed E-state index contributed by atoms with van der Waals surface area (Å²) in [7, 11) is -7.40. The van der Waals surface area contributed by atoms with Crippen molar-refractivity contribution >= 4 is 67.5 Å². The zero-order valence-electron chi connectivity index (χ0n) is 29.8. The summed E-state index contributed by atoms with van der Waals surface area (Å²) in [5, 5.41) is 12.5. The molecule has 2 aromatic rings. The van der Waals surface area contributed by atoms with Crippen molar-refractivity contribution < 1.29 is 31.5 Å². The van der Waals surface area contributed by atoms with Crippen LogP contribution in [0.1, 0.15) is 85.5 Å². The van der Waals surface area contributed by atoms with Crippen molar-refractivity contribution in [3.63, 3.8) is 0 Å². The van der Waals surface area contributed by atoms with Gasteiger partial charge in [0.2, 0.25) is 26.0 Å². The quantitative estimate of drug-likeness (QED) is 0.267. The first-order chi connectivity index (χ1) is 24.1. The smallest absolute Gasteiger partial charge is 0.307 e. The standard InChI is InChI=1S/C18H25ClN2O3S.C12H14ClNO4S.C6H13N.CH4.ClH/c1-13-6-4-9-16(13)20-18(22)14-7-5-11-21(12-14)25(23,24)17-10-3-2-8-15(17)19;13-10-5-1-2-6-11(10)19(17,18)14-7-3-4-9(8-14)12(15)16;1-5-3-2-4-6(5)7;;/h2-3,8,10,13-14,16H,4-7,9,11-12H2,1H3,(H,20,22);1-2,5-6,9H,3-4,7-8H2,(H,15,16);5-6H,2-4,7H2,1H3;1H4;1H/t13?,14-,16?;9-;;;/m00.../s1. The number of carboxylic acid groups (broad SMARTS) is 1. The summed E-state index contributed by atoms with van der Waals surface area (Å²) in [6, 6.07) is 13.4. The van der Waals surface area contributed by atoms with E-state index >= 15 is 0 Å². The van der Waals surface area contributed by atoms with Crippen molar-refractivity contribution in [2.45, 2.75) is 107 Å². The van der Waals surface area contributed by atoms with Gasteiger partial charge in [0.15, 0.2) is 0 Å². The predicted molar refractivity (Wildman–Crippen MR) is 213 cm³/mol. The molecule has 6 atom stereocenters. The van der Waals surface area contributed by atoms with Gasteiger partial charge in [0.25, 0.3) is 0 Å². The molecule has 11 nitrogen and oxygen atoms in total. The van der Waals surface area contributed by atoms with Gasteiger partial charge in [0.05, 0.1) is 21.9 Å². The molecule has 53 heavy (non-hydrogen) atoms. The van der Waals surface area contributed by atoms with E-state index < -0.39 is 31.9 Å². The molecule has 16 heteroatoms. The van der Waals surface area contributed by atoms with E-state index in [1.165, 1.54) is 46.1 Å². The molecule has 4 N–H and O–H groups in total. The van der Waals surface area contributed by atoms with E-state index in [1.54, 1.807) is 30.3 Å². The minimum absolute atomic E-state index is 0. The number of rotatable bonds is 7. The van der Waals surface area contributed by atoms with Crippen LogP contribution in [0.25, 0.3) is 0 Å². The molecule has 2 saturated carbocycles. The Kier molecular flexibility index (Phi) is 19.0. The van der Waals surface area contributed by atoms with Crippen LogP contribution in [-0.2, 0) is 29.6 Å². The Morgan fingerprint density at radius 1 is 0.717 bits per heavy atom. The van der Waals surface area contributed by atoms with E-state index in [2.05, 4.69) is 19.2 Å². The molecule has 0 spiro atoms. The van der Waals surface area contributed by atoms with E-state index in [9.17, 15) is 26.4 Å². The van der Waals surface area contributed by atoms with Crippen LogP contribution in [-0.4, -0.2) is 80.7 Å². The number of hydrogen-bond donors (Lipinski definition) is 3. The molecule has 6 rings (SSSR count). The summed E-state index contributed by atoms with van der Waals surface area (Å²) in [6.45, 7) is 5.38. The third-order valence-corrected chi connectivity index (χ3v) is 15.2. The second-order valence-electron chi connectivity index (χ2n) is 14.2. The van der Waals surface area contributed by atoms with Crippen LogP contribution in [0, 0.1) is 23.7 Å². The summed E-state index contributed by atoms with van der Waals surface area (Å²) < 4.78 is 53.2. The molecule has 4 unspecified atom stereocenters. The van der Waals surface area contributed by atoms with Gasteiger partial charge in [0.1, 0.15) is 9.79 Å². The maximum absolute atomic E-state index is 12.9. The molecule has 2 aliphatic carbocycles. The highest BCUT2D eigenvalue weighted by molar-refractivity contribution is 7.89. The van der Waals surface area contributed by atoms with Gasteiger partial charge in [0, 0.05) is 38.3 Å².